The van der Waals surface area contributed by atoms with Crippen molar-refractivity contribution in [2.24, 2.45) is 5.92 Å². The molecule has 1 aromatic heterocycles. The van der Waals surface area contributed by atoms with Crippen molar-refractivity contribution >= 4 is 17.3 Å². The first-order valence-corrected chi connectivity index (χ1v) is 6.68. The standard InChI is InChI=1S/C12H17NO2S/c1-3-15-11(14)5-4-9-7-16-12(13-9)10-6-8(10)2/h7-8,10H,3-6H2,1-2H3. The number of hydrogen-bond acceptors (Lipinski definition) is 4. The van der Waals surface area contributed by atoms with E-state index >= 15 is 0 Å². The zero-order valence-electron chi connectivity index (χ0n) is 9.73. The van der Waals surface area contributed by atoms with Crippen LogP contribution >= 0.6 is 11.3 Å². The van der Waals surface area contributed by atoms with Gasteiger partial charge < -0.3 is 4.74 Å². The molecule has 3 nitrogen and oxygen atoms in total. The maximum atomic E-state index is 11.2. The highest BCUT2D eigenvalue weighted by Gasteiger charge is 2.36. The van der Waals surface area contributed by atoms with Crippen molar-refractivity contribution < 1.29 is 9.53 Å². The van der Waals surface area contributed by atoms with Gasteiger partial charge in [0.1, 0.15) is 0 Å². The van der Waals surface area contributed by atoms with Gasteiger partial charge >= 0.3 is 5.97 Å². The quantitative estimate of drug-likeness (QED) is 0.742. The van der Waals surface area contributed by atoms with E-state index in [1.807, 2.05) is 6.92 Å². The molecule has 0 aromatic carbocycles. The van der Waals surface area contributed by atoms with Gasteiger partial charge in [0.2, 0.25) is 0 Å². The fraction of sp³-hybridized carbons (Fsp3) is 0.667. The number of carbonyl (C=O) groups is 1. The Morgan fingerprint density at radius 3 is 3.06 bits per heavy atom. The number of hydrogen-bond donors (Lipinski definition) is 0. The van der Waals surface area contributed by atoms with Crippen LogP contribution in [0, 0.1) is 5.92 Å². The van der Waals surface area contributed by atoms with Crippen molar-refractivity contribution in [3.63, 3.8) is 0 Å². The molecule has 16 heavy (non-hydrogen) atoms. The summed E-state index contributed by atoms with van der Waals surface area (Å²) in [4.78, 5) is 15.7. The molecule has 1 heterocycles. The molecule has 0 N–H and O–H groups in total. The van der Waals surface area contributed by atoms with Crippen molar-refractivity contribution in [3.05, 3.63) is 16.1 Å². The van der Waals surface area contributed by atoms with Crippen LogP contribution < -0.4 is 0 Å². The molecule has 0 spiro atoms. The van der Waals surface area contributed by atoms with E-state index in [-0.39, 0.29) is 5.97 Å². The zero-order valence-corrected chi connectivity index (χ0v) is 10.5. The van der Waals surface area contributed by atoms with E-state index in [0.717, 1.165) is 11.6 Å². The Morgan fingerprint density at radius 2 is 2.44 bits per heavy atom. The highest BCUT2D eigenvalue weighted by molar-refractivity contribution is 7.09. The summed E-state index contributed by atoms with van der Waals surface area (Å²) in [7, 11) is 0. The van der Waals surface area contributed by atoms with Gasteiger partial charge in [0, 0.05) is 17.7 Å². The summed E-state index contributed by atoms with van der Waals surface area (Å²) in [5.41, 5.74) is 1.03. The highest BCUT2D eigenvalue weighted by Crippen LogP contribution is 2.47. The third-order valence-electron chi connectivity index (χ3n) is 2.89. The molecule has 0 saturated heterocycles. The van der Waals surface area contributed by atoms with E-state index in [2.05, 4.69) is 17.3 Å². The van der Waals surface area contributed by atoms with Crippen molar-refractivity contribution in [2.45, 2.75) is 39.0 Å². The number of rotatable bonds is 5. The van der Waals surface area contributed by atoms with Gasteiger partial charge in [-0.3, -0.25) is 4.79 Å². The number of aryl methyl sites for hydroxylation is 1. The predicted molar refractivity (Wildman–Crippen MR) is 63.6 cm³/mol. The van der Waals surface area contributed by atoms with Gasteiger partial charge in [-0.25, -0.2) is 4.98 Å². The minimum Gasteiger partial charge on any atom is -0.466 e. The summed E-state index contributed by atoms with van der Waals surface area (Å²) in [5, 5.41) is 3.31. The molecular weight excluding hydrogens is 222 g/mol. The zero-order chi connectivity index (χ0) is 11.5. The lowest BCUT2D eigenvalue weighted by molar-refractivity contribution is -0.143. The lowest BCUT2D eigenvalue weighted by Crippen LogP contribution is -2.05. The van der Waals surface area contributed by atoms with Crippen LogP contribution in [0.1, 0.15) is 43.3 Å². The van der Waals surface area contributed by atoms with Crippen LogP contribution in [-0.4, -0.2) is 17.6 Å². The van der Waals surface area contributed by atoms with Gasteiger partial charge in [-0.05, 0) is 19.3 Å². The first kappa shape index (κ1) is 11.6. The Kier molecular flexibility index (Phi) is 3.59. The Hall–Kier alpha value is -0.900. The average Bonchev–Trinajstić information content (AvgIpc) is 2.80. The maximum absolute atomic E-state index is 11.2. The number of esters is 1. The molecule has 2 atom stereocenters. The lowest BCUT2D eigenvalue weighted by atomic mass is 10.2. The van der Waals surface area contributed by atoms with Crippen LogP contribution in [0.25, 0.3) is 0 Å². The van der Waals surface area contributed by atoms with Gasteiger partial charge in [0.15, 0.2) is 0 Å². The smallest absolute Gasteiger partial charge is 0.306 e. The maximum Gasteiger partial charge on any atom is 0.306 e. The van der Waals surface area contributed by atoms with Gasteiger partial charge in [0.25, 0.3) is 0 Å². The van der Waals surface area contributed by atoms with Gasteiger partial charge in [0.05, 0.1) is 23.7 Å². The number of nitrogens with zero attached hydrogens (tertiary/aromatic N) is 1. The first-order chi connectivity index (χ1) is 7.70. The molecule has 0 radical (unpaired) electrons. The molecule has 88 valence electrons. The highest BCUT2D eigenvalue weighted by atomic mass is 32.1. The normalized spacial score (nSPS) is 23.1. The summed E-state index contributed by atoms with van der Waals surface area (Å²) in [5.74, 6) is 1.35. The van der Waals surface area contributed by atoms with E-state index in [0.29, 0.717) is 25.4 Å². The summed E-state index contributed by atoms with van der Waals surface area (Å²) < 4.78 is 4.88. The Balaban J connectivity index is 1.81. The van der Waals surface area contributed by atoms with Crippen molar-refractivity contribution in [1.82, 2.24) is 4.98 Å². The molecule has 1 saturated carbocycles. The fourth-order valence-electron chi connectivity index (χ4n) is 1.74. The second-order valence-corrected chi connectivity index (χ2v) is 5.19. The number of thiazole rings is 1. The minimum atomic E-state index is -0.128. The number of carbonyl (C=O) groups excluding carboxylic acids is 1. The molecule has 2 unspecified atom stereocenters. The minimum absolute atomic E-state index is 0.128. The number of aromatic nitrogens is 1. The van der Waals surface area contributed by atoms with E-state index < -0.39 is 0 Å². The van der Waals surface area contributed by atoms with Gasteiger partial charge in [-0.1, -0.05) is 6.92 Å². The molecule has 1 fully saturated rings. The second-order valence-electron chi connectivity index (χ2n) is 4.30. The topological polar surface area (TPSA) is 39.2 Å². The Bertz CT molecular complexity index is 375. The van der Waals surface area contributed by atoms with Crippen LogP contribution in [0.2, 0.25) is 0 Å². The van der Waals surface area contributed by atoms with Crippen molar-refractivity contribution in [1.29, 1.82) is 0 Å². The van der Waals surface area contributed by atoms with Crippen LogP contribution in [0.5, 0.6) is 0 Å². The number of ether oxygens (including phenoxy) is 1. The third kappa shape index (κ3) is 2.82. The first-order valence-electron chi connectivity index (χ1n) is 5.80. The molecule has 0 aliphatic heterocycles. The molecule has 2 rings (SSSR count). The van der Waals surface area contributed by atoms with Crippen LogP contribution in [0.3, 0.4) is 0 Å². The summed E-state index contributed by atoms with van der Waals surface area (Å²) in [6, 6.07) is 0. The van der Waals surface area contributed by atoms with E-state index in [1.54, 1.807) is 11.3 Å². The van der Waals surface area contributed by atoms with E-state index in [9.17, 15) is 4.79 Å². The third-order valence-corrected chi connectivity index (χ3v) is 3.91. The molecule has 1 aliphatic rings. The molecule has 0 bridgehead atoms. The Morgan fingerprint density at radius 1 is 1.69 bits per heavy atom. The predicted octanol–water partition coefficient (Wildman–Crippen LogP) is 2.76. The summed E-state index contributed by atoms with van der Waals surface area (Å²) in [6.45, 7) is 4.54. The van der Waals surface area contributed by atoms with E-state index in [1.165, 1.54) is 11.4 Å². The molecule has 1 aromatic rings. The monoisotopic (exact) mass is 239 g/mol. The average molecular weight is 239 g/mol. The lowest BCUT2D eigenvalue weighted by Gasteiger charge is -1.99. The molecule has 0 amide bonds. The summed E-state index contributed by atoms with van der Waals surface area (Å²) in [6.07, 6.45) is 2.42. The SMILES string of the molecule is CCOC(=O)CCc1csc(C2CC2C)n1. The van der Waals surface area contributed by atoms with Crippen LogP contribution in [0.15, 0.2) is 5.38 Å². The summed E-state index contributed by atoms with van der Waals surface area (Å²) >= 11 is 1.73. The largest absolute Gasteiger partial charge is 0.466 e. The fourth-order valence-corrected chi connectivity index (χ4v) is 2.84. The van der Waals surface area contributed by atoms with Gasteiger partial charge in [-0.2, -0.15) is 0 Å². The second kappa shape index (κ2) is 4.95. The van der Waals surface area contributed by atoms with Crippen LogP contribution in [0.4, 0.5) is 0 Å². The van der Waals surface area contributed by atoms with E-state index in [4.69, 9.17) is 4.74 Å². The Labute approximate surface area is 99.8 Å². The van der Waals surface area contributed by atoms with Crippen molar-refractivity contribution in [3.8, 4) is 0 Å². The molecular formula is C12H17NO2S. The molecule has 1 aliphatic carbocycles. The van der Waals surface area contributed by atoms with Gasteiger partial charge in [-0.15, -0.1) is 11.3 Å². The molecule has 4 heteroatoms. The van der Waals surface area contributed by atoms with Crippen molar-refractivity contribution in [2.75, 3.05) is 6.61 Å². The van der Waals surface area contributed by atoms with Crippen LogP contribution in [-0.2, 0) is 16.0 Å².